The molecule has 0 amide bonds. The monoisotopic (exact) mass is 774 g/mol. The molecule has 0 unspecified atom stereocenters. The Kier molecular flexibility index (Phi) is 8.96. The zero-order valence-corrected chi connectivity index (χ0v) is 25.1. The molecule has 0 aliphatic rings. The minimum absolute atomic E-state index is 0.0106. The number of halogens is 6. The second kappa shape index (κ2) is 9.27. The van der Waals surface area contributed by atoms with Crippen LogP contribution in [0.25, 0.3) is 0 Å². The van der Waals surface area contributed by atoms with Crippen molar-refractivity contribution in [1.82, 2.24) is 0 Å². The first kappa shape index (κ1) is 27.1. The smallest absolute Gasteiger partial charge is 0.336 e. The van der Waals surface area contributed by atoms with Gasteiger partial charge in [-0.25, -0.2) is 9.59 Å². The summed E-state index contributed by atoms with van der Waals surface area (Å²) in [6.45, 7) is 7.75. The van der Waals surface area contributed by atoms with E-state index >= 15 is 0 Å². The average molecular weight is 780 g/mol. The fourth-order valence-electron chi connectivity index (χ4n) is 2.46. The number of alkyl halides is 6. The quantitative estimate of drug-likeness (QED) is 0.264. The van der Waals surface area contributed by atoms with E-state index in [1.807, 2.05) is 27.7 Å². The number of hydrogen-bond acceptors (Lipinski definition) is 2. The lowest BCUT2D eigenvalue weighted by molar-refractivity contribution is 0.0677. The summed E-state index contributed by atoms with van der Waals surface area (Å²) in [5, 5.41) is 20.9. The molecule has 0 aromatic heterocycles. The maximum absolute atomic E-state index is 12.1. The maximum Gasteiger partial charge on any atom is 0.336 e. The predicted molar refractivity (Wildman–Crippen MR) is 135 cm³/mol. The van der Waals surface area contributed by atoms with E-state index in [1.165, 1.54) is 12.1 Å². The third-order valence-corrected chi connectivity index (χ3v) is 13.3. The van der Waals surface area contributed by atoms with Crippen molar-refractivity contribution >= 4 is 108 Å². The zero-order chi connectivity index (χ0) is 22.3. The Morgan fingerprint density at radius 1 is 0.750 bits per heavy atom. The maximum atomic E-state index is 12.1. The molecule has 0 heterocycles. The van der Waals surface area contributed by atoms with Crippen LogP contribution < -0.4 is 0 Å². The first-order valence-electron chi connectivity index (χ1n) is 8.01. The third kappa shape index (κ3) is 4.76. The van der Waals surface area contributed by atoms with Gasteiger partial charge in [-0.2, -0.15) is 0 Å². The van der Waals surface area contributed by atoms with Gasteiger partial charge in [0.1, 0.15) is 6.47 Å². The summed E-state index contributed by atoms with van der Waals surface area (Å²) in [6.07, 6.45) is 0. The summed E-state index contributed by atoms with van der Waals surface area (Å²) in [7, 11) is 0. The van der Waals surface area contributed by atoms with Crippen LogP contribution in [0.4, 0.5) is 0 Å². The van der Waals surface area contributed by atoms with Gasteiger partial charge in [0.05, 0.1) is 11.1 Å². The van der Waals surface area contributed by atoms with Gasteiger partial charge in [-0.05, 0) is 12.1 Å². The van der Waals surface area contributed by atoms with Gasteiger partial charge in [-0.3, -0.25) is 0 Å². The molecule has 158 valence electrons. The largest absolute Gasteiger partial charge is 0.478 e. The van der Waals surface area contributed by atoms with Crippen molar-refractivity contribution in [3.05, 3.63) is 34.4 Å². The van der Waals surface area contributed by atoms with Crippen LogP contribution in [0.2, 0.25) is 0 Å². The molecule has 0 aliphatic heterocycles. The van der Waals surface area contributed by atoms with E-state index in [0.717, 1.165) is 0 Å². The Hall–Kier alpha value is 1.04. The van der Waals surface area contributed by atoms with Crippen LogP contribution in [-0.2, 0) is 6.47 Å². The topological polar surface area (TPSA) is 74.6 Å². The third-order valence-electron chi connectivity index (χ3n) is 4.66. The molecule has 0 radical (unpaired) electrons. The lowest BCUT2D eigenvalue weighted by Crippen LogP contribution is -2.41. The molecule has 0 aliphatic carbocycles. The van der Waals surface area contributed by atoms with Crippen molar-refractivity contribution in [2.24, 2.45) is 10.8 Å². The van der Waals surface area contributed by atoms with Crippen molar-refractivity contribution in [2.75, 3.05) is 10.7 Å². The Morgan fingerprint density at radius 2 is 1.00 bits per heavy atom. The summed E-state index contributed by atoms with van der Waals surface area (Å²) < 4.78 is -2.08. The highest BCUT2D eigenvalue weighted by Gasteiger charge is 2.52. The van der Waals surface area contributed by atoms with Gasteiger partial charge in [0, 0.05) is 32.6 Å². The molecule has 1 aromatic carbocycles. The minimum atomic E-state index is -1.14. The van der Waals surface area contributed by atoms with E-state index in [2.05, 4.69) is 95.6 Å². The molecular formula is C18H20Br6O4. The molecule has 10 heteroatoms. The van der Waals surface area contributed by atoms with Crippen LogP contribution in [0.1, 0.15) is 59.5 Å². The van der Waals surface area contributed by atoms with Crippen molar-refractivity contribution in [3.8, 4) is 0 Å². The second-order valence-electron chi connectivity index (χ2n) is 7.70. The van der Waals surface area contributed by atoms with Crippen LogP contribution in [-0.4, -0.2) is 32.8 Å². The lowest BCUT2D eigenvalue weighted by Gasteiger charge is -2.44. The van der Waals surface area contributed by atoms with Gasteiger partial charge in [0.25, 0.3) is 0 Å². The van der Waals surface area contributed by atoms with Crippen molar-refractivity contribution < 1.29 is 19.8 Å². The fourth-order valence-corrected chi connectivity index (χ4v) is 7.01. The average Bonchev–Trinajstić information content (AvgIpc) is 2.59. The van der Waals surface area contributed by atoms with E-state index in [4.69, 9.17) is 0 Å². The van der Waals surface area contributed by atoms with Crippen molar-refractivity contribution in [3.63, 3.8) is 0 Å². The second-order valence-corrected chi connectivity index (χ2v) is 15.7. The molecule has 28 heavy (non-hydrogen) atoms. The van der Waals surface area contributed by atoms with Crippen molar-refractivity contribution in [2.45, 2.75) is 34.2 Å². The van der Waals surface area contributed by atoms with Crippen LogP contribution in [0.3, 0.4) is 0 Å². The highest BCUT2D eigenvalue weighted by atomic mass is 79.9. The SMILES string of the molecule is CC(C)(CBr)C(Br)(Br)c1c(C(=O)O)ccc(C(=O)O)c1C(Br)(Br)C(C)(C)CBr. The van der Waals surface area contributed by atoms with Crippen LogP contribution >= 0.6 is 95.6 Å². The van der Waals surface area contributed by atoms with Gasteiger partial charge in [-0.1, -0.05) is 123 Å². The van der Waals surface area contributed by atoms with Gasteiger partial charge >= 0.3 is 11.9 Å². The Balaban J connectivity index is 4.26. The molecule has 0 atom stereocenters. The molecule has 1 aromatic rings. The molecular weight excluding hydrogens is 760 g/mol. The predicted octanol–water partition coefficient (Wildman–Crippen LogP) is 7.81. The van der Waals surface area contributed by atoms with Crippen LogP contribution in [0, 0.1) is 10.8 Å². The number of hydrogen-bond donors (Lipinski definition) is 2. The minimum Gasteiger partial charge on any atom is -0.478 e. The number of benzene rings is 1. The normalized spacial score (nSPS) is 13.5. The molecule has 4 nitrogen and oxygen atoms in total. The summed E-state index contributed by atoms with van der Waals surface area (Å²) in [5.74, 6) is -2.29. The van der Waals surface area contributed by atoms with Crippen molar-refractivity contribution in [1.29, 1.82) is 0 Å². The van der Waals surface area contributed by atoms with E-state index in [-0.39, 0.29) is 11.1 Å². The summed E-state index contributed by atoms with van der Waals surface area (Å²) in [5.41, 5.74) is -0.359. The molecule has 0 saturated carbocycles. The molecule has 0 spiro atoms. The molecule has 1 rings (SSSR count). The van der Waals surface area contributed by atoms with E-state index < -0.39 is 29.2 Å². The summed E-state index contributed by atoms with van der Waals surface area (Å²) in [4.78, 5) is 24.2. The zero-order valence-electron chi connectivity index (χ0n) is 15.5. The first-order chi connectivity index (χ1) is 12.5. The molecule has 0 bridgehead atoms. The Labute approximate surface area is 215 Å². The van der Waals surface area contributed by atoms with Crippen LogP contribution in [0.5, 0.6) is 0 Å². The van der Waals surface area contributed by atoms with Crippen LogP contribution in [0.15, 0.2) is 12.1 Å². The van der Waals surface area contributed by atoms with Gasteiger partial charge < -0.3 is 10.2 Å². The number of aromatic carboxylic acids is 2. The molecule has 0 saturated heterocycles. The highest BCUT2D eigenvalue weighted by Crippen LogP contribution is 2.62. The highest BCUT2D eigenvalue weighted by molar-refractivity contribution is 9.25. The van der Waals surface area contributed by atoms with E-state index in [0.29, 0.717) is 21.8 Å². The number of carboxylic acid groups (broad SMARTS) is 2. The molecule has 0 fully saturated rings. The van der Waals surface area contributed by atoms with Gasteiger partial charge in [0.2, 0.25) is 0 Å². The standard InChI is InChI=1S/C18H20Br6O4/c1-15(2,7-19)17(21,22)11-9(13(25)26)5-6-10(14(27)28)12(11)18(23,24)16(3,4)8-20/h5-6H,7-8H2,1-4H3,(H,25,26)(H,27,28). The Bertz CT molecular complexity index is 722. The van der Waals surface area contributed by atoms with Gasteiger partial charge in [0.15, 0.2) is 0 Å². The van der Waals surface area contributed by atoms with E-state index in [9.17, 15) is 19.8 Å². The number of carbonyl (C=O) groups is 2. The lowest BCUT2D eigenvalue weighted by atomic mass is 9.77. The molecule has 2 N–H and O–H groups in total. The fraction of sp³-hybridized carbons (Fsp3) is 0.556. The Morgan fingerprint density at radius 3 is 1.18 bits per heavy atom. The van der Waals surface area contributed by atoms with E-state index in [1.54, 1.807) is 0 Å². The van der Waals surface area contributed by atoms with Gasteiger partial charge in [-0.15, -0.1) is 0 Å². The number of carboxylic acids is 2. The first-order valence-corrected chi connectivity index (χ1v) is 13.4. The summed E-state index contributed by atoms with van der Waals surface area (Å²) >= 11 is 21.7. The summed E-state index contributed by atoms with van der Waals surface area (Å²) in [6, 6.07) is 2.67. The number of rotatable bonds is 8.